The summed E-state index contributed by atoms with van der Waals surface area (Å²) in [4.78, 5) is 10.0. The normalized spacial score (nSPS) is 9.91. The Balaban J connectivity index is 2.85. The molecule has 0 bridgehead atoms. The van der Waals surface area contributed by atoms with Crippen LogP contribution in [0.3, 0.4) is 0 Å². The van der Waals surface area contributed by atoms with Gasteiger partial charge in [-0.15, -0.1) is 0 Å². The predicted octanol–water partition coefficient (Wildman–Crippen LogP) is 1.94. The van der Waals surface area contributed by atoms with Crippen molar-refractivity contribution >= 4 is 17.7 Å². The molecule has 0 atom stereocenters. The fourth-order valence-corrected chi connectivity index (χ4v) is 1.36. The number of hydrogen-bond donors (Lipinski definition) is 1. The van der Waals surface area contributed by atoms with Crippen LogP contribution in [0.2, 0.25) is 0 Å². The van der Waals surface area contributed by atoms with Gasteiger partial charge in [-0.1, -0.05) is 6.42 Å². The molecule has 0 spiro atoms. The van der Waals surface area contributed by atoms with Crippen LogP contribution in [0.4, 0.5) is 4.39 Å². The van der Waals surface area contributed by atoms with E-state index in [0.717, 1.165) is 18.6 Å². The summed E-state index contributed by atoms with van der Waals surface area (Å²) >= 11 is 1.39. The van der Waals surface area contributed by atoms with Gasteiger partial charge in [0.2, 0.25) is 0 Å². The molecule has 11 heavy (non-hydrogen) atoms. The van der Waals surface area contributed by atoms with E-state index in [-0.39, 0.29) is 12.4 Å². The molecule has 2 nitrogen and oxygen atoms in total. The van der Waals surface area contributed by atoms with Gasteiger partial charge in [0.15, 0.2) is 0 Å². The van der Waals surface area contributed by atoms with E-state index in [0.29, 0.717) is 6.42 Å². The van der Waals surface area contributed by atoms with Gasteiger partial charge in [-0.2, -0.15) is 11.8 Å². The minimum Gasteiger partial charge on any atom is -0.481 e. The number of carbonyl (C=O) groups is 1. The molecule has 0 aromatic carbocycles. The summed E-state index contributed by atoms with van der Waals surface area (Å²) in [7, 11) is 0. The SMILES string of the molecule is O=C(O)CSCCCCCF. The van der Waals surface area contributed by atoms with Gasteiger partial charge < -0.3 is 5.11 Å². The highest BCUT2D eigenvalue weighted by Crippen LogP contribution is 2.05. The van der Waals surface area contributed by atoms with Crippen LogP contribution >= 0.6 is 11.8 Å². The predicted molar refractivity (Wildman–Crippen MR) is 44.8 cm³/mol. The number of aliphatic carboxylic acids is 1. The van der Waals surface area contributed by atoms with Crippen molar-refractivity contribution in [2.75, 3.05) is 18.2 Å². The average molecular weight is 180 g/mol. The molecule has 0 aliphatic carbocycles. The Kier molecular flexibility index (Phi) is 7.67. The minimum atomic E-state index is -0.777. The number of carboxylic acid groups (broad SMARTS) is 1. The standard InChI is InChI=1S/C7H13FO2S/c8-4-2-1-3-5-11-6-7(9)10/h1-6H2,(H,9,10). The third-order valence-electron chi connectivity index (χ3n) is 1.15. The highest BCUT2D eigenvalue weighted by molar-refractivity contribution is 7.99. The molecular weight excluding hydrogens is 167 g/mol. The van der Waals surface area contributed by atoms with Crippen molar-refractivity contribution in [1.82, 2.24) is 0 Å². The summed E-state index contributed by atoms with van der Waals surface area (Å²) in [6, 6.07) is 0. The summed E-state index contributed by atoms with van der Waals surface area (Å²) in [6.07, 6.45) is 2.39. The lowest BCUT2D eigenvalue weighted by molar-refractivity contribution is -0.133. The van der Waals surface area contributed by atoms with Crippen molar-refractivity contribution in [1.29, 1.82) is 0 Å². The molecule has 0 aromatic heterocycles. The third-order valence-corrected chi connectivity index (χ3v) is 2.18. The highest BCUT2D eigenvalue weighted by Gasteiger charge is 1.95. The van der Waals surface area contributed by atoms with Crippen molar-refractivity contribution in [2.45, 2.75) is 19.3 Å². The largest absolute Gasteiger partial charge is 0.481 e. The van der Waals surface area contributed by atoms with E-state index in [1.165, 1.54) is 11.8 Å². The second-order valence-electron chi connectivity index (χ2n) is 2.20. The van der Waals surface area contributed by atoms with Gasteiger partial charge in [0.1, 0.15) is 0 Å². The van der Waals surface area contributed by atoms with E-state index in [1.54, 1.807) is 0 Å². The van der Waals surface area contributed by atoms with Gasteiger partial charge in [-0.05, 0) is 18.6 Å². The Morgan fingerprint density at radius 3 is 2.64 bits per heavy atom. The van der Waals surface area contributed by atoms with Crippen LogP contribution < -0.4 is 0 Å². The lowest BCUT2D eigenvalue weighted by Crippen LogP contribution is -1.98. The Bertz CT molecular complexity index is 109. The molecular formula is C7H13FO2S. The zero-order valence-electron chi connectivity index (χ0n) is 6.38. The van der Waals surface area contributed by atoms with Crippen molar-refractivity contribution in [3.05, 3.63) is 0 Å². The van der Waals surface area contributed by atoms with Crippen LogP contribution in [-0.2, 0) is 4.79 Å². The molecule has 4 heteroatoms. The molecule has 0 aliphatic heterocycles. The Labute approximate surface area is 70.2 Å². The highest BCUT2D eigenvalue weighted by atomic mass is 32.2. The van der Waals surface area contributed by atoms with Gasteiger partial charge >= 0.3 is 5.97 Å². The van der Waals surface area contributed by atoms with Gasteiger partial charge in [0, 0.05) is 0 Å². The fraction of sp³-hybridized carbons (Fsp3) is 0.857. The molecule has 0 rings (SSSR count). The van der Waals surface area contributed by atoms with Crippen LogP contribution in [0.15, 0.2) is 0 Å². The van der Waals surface area contributed by atoms with Gasteiger partial charge in [0.25, 0.3) is 0 Å². The molecule has 0 aromatic rings. The van der Waals surface area contributed by atoms with Crippen LogP contribution in [0, 0.1) is 0 Å². The van der Waals surface area contributed by atoms with Crippen molar-refractivity contribution < 1.29 is 14.3 Å². The third kappa shape index (κ3) is 9.75. The zero-order valence-corrected chi connectivity index (χ0v) is 7.20. The molecule has 0 unspecified atom stereocenters. The molecule has 0 radical (unpaired) electrons. The van der Waals surface area contributed by atoms with E-state index in [1.807, 2.05) is 0 Å². The van der Waals surface area contributed by atoms with Gasteiger partial charge in [-0.3, -0.25) is 9.18 Å². The average Bonchev–Trinajstić information content (AvgIpc) is 1.96. The van der Waals surface area contributed by atoms with Gasteiger partial charge in [0.05, 0.1) is 12.4 Å². The molecule has 1 N–H and O–H groups in total. The quantitative estimate of drug-likeness (QED) is 0.608. The molecule has 0 saturated carbocycles. The van der Waals surface area contributed by atoms with Crippen molar-refractivity contribution in [2.24, 2.45) is 0 Å². The van der Waals surface area contributed by atoms with Crippen LogP contribution in [-0.4, -0.2) is 29.3 Å². The first-order valence-electron chi connectivity index (χ1n) is 3.63. The van der Waals surface area contributed by atoms with E-state index in [9.17, 15) is 9.18 Å². The van der Waals surface area contributed by atoms with E-state index < -0.39 is 5.97 Å². The van der Waals surface area contributed by atoms with E-state index in [2.05, 4.69) is 0 Å². The number of unbranched alkanes of at least 4 members (excludes halogenated alkanes) is 2. The Morgan fingerprint density at radius 1 is 1.36 bits per heavy atom. The van der Waals surface area contributed by atoms with Crippen molar-refractivity contribution in [3.63, 3.8) is 0 Å². The summed E-state index contributed by atoms with van der Waals surface area (Å²) in [5.74, 6) is 0.211. The first-order chi connectivity index (χ1) is 5.27. The van der Waals surface area contributed by atoms with Crippen LogP contribution in [0.1, 0.15) is 19.3 Å². The van der Waals surface area contributed by atoms with E-state index in [4.69, 9.17) is 5.11 Å². The number of thioether (sulfide) groups is 1. The maximum Gasteiger partial charge on any atom is 0.313 e. The maximum atomic E-state index is 11.5. The van der Waals surface area contributed by atoms with Crippen LogP contribution in [0.25, 0.3) is 0 Å². The monoisotopic (exact) mass is 180 g/mol. The lowest BCUT2D eigenvalue weighted by Gasteiger charge is -1.96. The number of alkyl halides is 1. The Morgan fingerprint density at radius 2 is 2.09 bits per heavy atom. The Hall–Kier alpha value is -0.250. The number of halogens is 1. The maximum absolute atomic E-state index is 11.5. The molecule has 66 valence electrons. The summed E-state index contributed by atoms with van der Waals surface area (Å²) < 4.78 is 11.5. The van der Waals surface area contributed by atoms with Crippen LogP contribution in [0.5, 0.6) is 0 Å². The molecule has 0 amide bonds. The molecule has 0 aliphatic rings. The van der Waals surface area contributed by atoms with Gasteiger partial charge in [-0.25, -0.2) is 0 Å². The second kappa shape index (κ2) is 7.85. The number of hydrogen-bond acceptors (Lipinski definition) is 2. The zero-order chi connectivity index (χ0) is 8.53. The first kappa shape index (κ1) is 10.8. The fourth-order valence-electron chi connectivity index (χ4n) is 0.635. The van der Waals surface area contributed by atoms with Crippen molar-refractivity contribution in [3.8, 4) is 0 Å². The summed E-state index contributed by atoms with van der Waals surface area (Å²) in [5, 5.41) is 8.24. The molecule has 0 fully saturated rings. The minimum absolute atomic E-state index is 0.162. The summed E-state index contributed by atoms with van der Waals surface area (Å²) in [6.45, 7) is -0.260. The molecule has 0 saturated heterocycles. The number of rotatable bonds is 7. The molecule has 0 heterocycles. The summed E-state index contributed by atoms with van der Waals surface area (Å²) in [5.41, 5.74) is 0. The lowest BCUT2D eigenvalue weighted by atomic mass is 10.3. The topological polar surface area (TPSA) is 37.3 Å². The van der Waals surface area contributed by atoms with E-state index >= 15 is 0 Å². The smallest absolute Gasteiger partial charge is 0.313 e. The second-order valence-corrected chi connectivity index (χ2v) is 3.30. The number of carboxylic acids is 1. The first-order valence-corrected chi connectivity index (χ1v) is 4.78.